The molecule has 5 heteroatoms. The van der Waals surface area contributed by atoms with Gasteiger partial charge in [0.25, 0.3) is 0 Å². The van der Waals surface area contributed by atoms with Gasteiger partial charge in [-0.25, -0.2) is 9.97 Å². The van der Waals surface area contributed by atoms with Gasteiger partial charge >= 0.3 is 0 Å². The van der Waals surface area contributed by atoms with E-state index in [0.717, 1.165) is 44.8 Å². The number of rotatable bonds is 0. The van der Waals surface area contributed by atoms with E-state index in [-0.39, 0.29) is 22.5 Å². The Morgan fingerprint density at radius 1 is 0.571 bits per heavy atom. The number of aromatic nitrogens is 4. The summed E-state index contributed by atoms with van der Waals surface area (Å²) in [6, 6.07) is 27.5. The van der Waals surface area contributed by atoms with E-state index in [1.54, 1.807) is 0 Å². The molecule has 2 N–H and O–H groups in total. The minimum atomic E-state index is 0. The van der Waals surface area contributed by atoms with Crippen molar-refractivity contribution in [2.45, 2.75) is 26.2 Å². The van der Waals surface area contributed by atoms with Gasteiger partial charge in [-0.15, -0.1) is 0 Å². The van der Waals surface area contributed by atoms with Crippen LogP contribution in [-0.2, 0) is 22.5 Å². The standard InChI is InChI=1S/C20H14N4.C10H13.Mn/c1-2-14-10-16-5-6-18(23-16)12-20-8-7-19(24-20)11-17-4-3-15(22-17)9-13(1)21-14;1-10(2,3)9-7-5-4-6-8-9;/h1-12,21-22H;5-8H,1-3H3;/q;-1;. The van der Waals surface area contributed by atoms with Gasteiger partial charge in [-0.05, 0) is 78.3 Å². The third-order valence-corrected chi connectivity index (χ3v) is 5.63. The maximum Gasteiger partial charge on any atom is 0.0659 e. The van der Waals surface area contributed by atoms with Gasteiger partial charge in [-0.2, -0.15) is 35.9 Å². The molecular formula is C30H27MnN4-. The molecule has 1 aromatic carbocycles. The number of hydrogen-bond acceptors (Lipinski definition) is 2. The molecule has 1 radical (unpaired) electrons. The summed E-state index contributed by atoms with van der Waals surface area (Å²) in [5.41, 5.74) is 9.50. The Morgan fingerprint density at radius 3 is 1.37 bits per heavy atom. The number of H-pyrrole nitrogens is 2. The van der Waals surface area contributed by atoms with Gasteiger partial charge < -0.3 is 9.97 Å². The Kier molecular flexibility index (Phi) is 7.20. The van der Waals surface area contributed by atoms with Gasteiger partial charge in [-0.1, -0.05) is 20.8 Å². The number of benzene rings is 1. The molecule has 0 saturated heterocycles. The number of nitrogens with one attached hydrogen (secondary N) is 2. The van der Waals surface area contributed by atoms with E-state index in [2.05, 4.69) is 89.2 Å². The summed E-state index contributed by atoms with van der Waals surface area (Å²) in [5, 5.41) is 0. The van der Waals surface area contributed by atoms with Crippen molar-refractivity contribution in [2.75, 3.05) is 0 Å². The van der Waals surface area contributed by atoms with Gasteiger partial charge in [0, 0.05) is 39.1 Å². The van der Waals surface area contributed by atoms with Crippen LogP contribution in [0.1, 0.15) is 49.1 Å². The first-order valence-corrected chi connectivity index (χ1v) is 11.4. The van der Waals surface area contributed by atoms with Crippen LogP contribution >= 0.6 is 0 Å². The van der Waals surface area contributed by atoms with Crippen molar-refractivity contribution >= 4 is 46.4 Å². The van der Waals surface area contributed by atoms with Crippen LogP contribution in [0.2, 0.25) is 0 Å². The first kappa shape index (κ1) is 24.5. The third-order valence-electron chi connectivity index (χ3n) is 5.63. The van der Waals surface area contributed by atoms with Gasteiger partial charge in [0.05, 0.1) is 22.8 Å². The zero-order valence-corrected chi connectivity index (χ0v) is 21.2. The largest absolute Gasteiger partial charge is 0.355 e. The fourth-order valence-electron chi connectivity index (χ4n) is 3.83. The normalized spacial score (nSPS) is 12.0. The summed E-state index contributed by atoms with van der Waals surface area (Å²) in [4.78, 5) is 16.0. The average molecular weight is 499 g/mol. The van der Waals surface area contributed by atoms with Crippen LogP contribution < -0.4 is 0 Å². The number of fused-ring (bicyclic) bond motifs is 8. The maximum absolute atomic E-state index is 4.62. The summed E-state index contributed by atoms with van der Waals surface area (Å²) in [7, 11) is 0. The SMILES string of the molecule is C1=Cc2cc3ccc(cc4ccc(cc5nc(cc1n2)C=C5)[nH]4)[nH]3.CC(C)(C)c1cc[c-]cc1.[Mn]. The zero-order chi connectivity index (χ0) is 23.5. The molecule has 4 aromatic rings. The number of aromatic amines is 2. The smallest absolute Gasteiger partial charge is 0.0659 e. The summed E-state index contributed by atoms with van der Waals surface area (Å²) in [6.45, 7) is 6.63. The monoisotopic (exact) mass is 498 g/mol. The molecule has 175 valence electrons. The molecular weight excluding hydrogens is 471 g/mol. The molecule has 2 aliphatic heterocycles. The van der Waals surface area contributed by atoms with E-state index >= 15 is 0 Å². The molecule has 0 unspecified atom stereocenters. The quantitative estimate of drug-likeness (QED) is 0.169. The van der Waals surface area contributed by atoms with Crippen molar-refractivity contribution in [2.24, 2.45) is 0 Å². The summed E-state index contributed by atoms with van der Waals surface area (Å²) >= 11 is 0. The van der Waals surface area contributed by atoms with E-state index in [9.17, 15) is 0 Å². The molecule has 0 amide bonds. The summed E-state index contributed by atoms with van der Waals surface area (Å²) < 4.78 is 0. The zero-order valence-electron chi connectivity index (χ0n) is 20.0. The Bertz CT molecular complexity index is 1440. The molecule has 5 heterocycles. The Labute approximate surface area is 216 Å². The van der Waals surface area contributed by atoms with E-state index in [1.165, 1.54) is 5.56 Å². The van der Waals surface area contributed by atoms with Crippen LogP contribution in [0, 0.1) is 6.07 Å². The molecule has 8 bridgehead atoms. The fraction of sp³-hybridized carbons (Fsp3) is 0.133. The molecule has 0 atom stereocenters. The molecule has 0 fully saturated rings. The second-order valence-electron chi connectivity index (χ2n) is 9.44. The van der Waals surface area contributed by atoms with E-state index in [0.29, 0.717) is 0 Å². The van der Waals surface area contributed by atoms with Crippen LogP contribution in [-0.4, -0.2) is 19.9 Å². The van der Waals surface area contributed by atoms with Crippen LogP contribution in [0.3, 0.4) is 0 Å². The van der Waals surface area contributed by atoms with Crippen molar-refractivity contribution < 1.29 is 17.1 Å². The van der Waals surface area contributed by atoms with E-state index < -0.39 is 0 Å². The van der Waals surface area contributed by atoms with Crippen LogP contribution in [0.15, 0.2) is 72.8 Å². The number of hydrogen-bond donors (Lipinski definition) is 2. The predicted octanol–water partition coefficient (Wildman–Crippen LogP) is 7.44. The van der Waals surface area contributed by atoms with E-state index in [1.807, 2.05) is 54.6 Å². The summed E-state index contributed by atoms with van der Waals surface area (Å²) in [6.07, 6.45) is 8.05. The molecule has 6 rings (SSSR count). The molecule has 3 aromatic heterocycles. The first-order chi connectivity index (χ1) is 16.4. The topological polar surface area (TPSA) is 57.4 Å². The van der Waals surface area contributed by atoms with Gasteiger partial charge in [0.1, 0.15) is 0 Å². The van der Waals surface area contributed by atoms with Crippen LogP contribution in [0.25, 0.3) is 46.4 Å². The van der Waals surface area contributed by atoms with Crippen molar-refractivity contribution in [1.82, 2.24) is 19.9 Å². The van der Waals surface area contributed by atoms with Crippen molar-refractivity contribution in [3.63, 3.8) is 0 Å². The Morgan fingerprint density at radius 2 is 0.971 bits per heavy atom. The maximum atomic E-state index is 4.62. The van der Waals surface area contributed by atoms with Crippen molar-refractivity contribution in [1.29, 1.82) is 0 Å². The van der Waals surface area contributed by atoms with Crippen LogP contribution in [0.4, 0.5) is 0 Å². The summed E-state index contributed by atoms with van der Waals surface area (Å²) in [5.74, 6) is 0. The fourth-order valence-corrected chi connectivity index (χ4v) is 3.83. The average Bonchev–Trinajstić information content (AvgIpc) is 3.60. The van der Waals surface area contributed by atoms with Gasteiger partial charge in [0.15, 0.2) is 0 Å². The Balaban J connectivity index is 0.000000224. The number of nitrogens with zero attached hydrogens (tertiary/aromatic N) is 2. The Hall–Kier alpha value is -3.66. The second kappa shape index (κ2) is 10.3. The third kappa shape index (κ3) is 6.27. The predicted molar refractivity (Wildman–Crippen MR) is 143 cm³/mol. The molecule has 0 saturated carbocycles. The van der Waals surface area contributed by atoms with E-state index in [4.69, 9.17) is 0 Å². The molecule has 35 heavy (non-hydrogen) atoms. The molecule has 4 nitrogen and oxygen atoms in total. The molecule has 0 spiro atoms. The van der Waals surface area contributed by atoms with Crippen LogP contribution in [0.5, 0.6) is 0 Å². The minimum absolute atomic E-state index is 0. The molecule has 0 aliphatic carbocycles. The van der Waals surface area contributed by atoms with Gasteiger partial charge in [0.2, 0.25) is 0 Å². The first-order valence-electron chi connectivity index (χ1n) is 11.4. The van der Waals surface area contributed by atoms with Crippen molar-refractivity contribution in [3.05, 3.63) is 107 Å². The molecule has 2 aliphatic rings. The minimum Gasteiger partial charge on any atom is -0.355 e. The van der Waals surface area contributed by atoms with Gasteiger partial charge in [-0.3, -0.25) is 0 Å². The second-order valence-corrected chi connectivity index (χ2v) is 9.44. The van der Waals surface area contributed by atoms with Crippen molar-refractivity contribution in [3.8, 4) is 0 Å².